The second-order valence-electron chi connectivity index (χ2n) is 7.13. The van der Waals surface area contributed by atoms with Crippen LogP contribution in [0.2, 0.25) is 0 Å². The normalized spacial score (nSPS) is 16.3. The van der Waals surface area contributed by atoms with Gasteiger partial charge in [0.2, 0.25) is 5.91 Å². The Hall–Kier alpha value is -3.02. The maximum Gasteiger partial charge on any atom is 0.255 e. The topological polar surface area (TPSA) is 67.9 Å². The van der Waals surface area contributed by atoms with Crippen LogP contribution in [0.25, 0.3) is 0 Å². The molecule has 1 N–H and O–H groups in total. The summed E-state index contributed by atoms with van der Waals surface area (Å²) >= 11 is 0. The molecule has 0 saturated heterocycles. The number of benzene rings is 2. The summed E-state index contributed by atoms with van der Waals surface area (Å²) in [6.45, 7) is 5.35. The number of amides is 2. The highest BCUT2D eigenvalue weighted by Gasteiger charge is 2.37. The lowest BCUT2D eigenvalue weighted by Gasteiger charge is -2.30. The van der Waals surface area contributed by atoms with E-state index < -0.39 is 6.04 Å². The highest BCUT2D eigenvalue weighted by atomic mass is 16.6. The molecular weight excluding hydrogens is 344 g/mol. The van der Waals surface area contributed by atoms with E-state index in [0.717, 1.165) is 5.56 Å². The van der Waals surface area contributed by atoms with Crippen LogP contribution in [-0.2, 0) is 11.3 Å². The van der Waals surface area contributed by atoms with E-state index in [1.54, 1.807) is 23.1 Å². The predicted octanol–water partition coefficient (Wildman–Crippen LogP) is 3.08. The van der Waals surface area contributed by atoms with Crippen molar-refractivity contribution in [1.82, 2.24) is 4.90 Å². The Morgan fingerprint density at radius 1 is 1.07 bits per heavy atom. The molecule has 2 aromatic carbocycles. The molecule has 27 heavy (non-hydrogen) atoms. The number of fused-ring (bicyclic) bond motifs is 2. The average Bonchev–Trinajstić information content (AvgIpc) is 2.98. The molecule has 1 atom stereocenters. The van der Waals surface area contributed by atoms with E-state index >= 15 is 0 Å². The lowest BCUT2D eigenvalue weighted by atomic mass is 10.0. The van der Waals surface area contributed by atoms with Gasteiger partial charge in [-0.3, -0.25) is 9.59 Å². The van der Waals surface area contributed by atoms with E-state index in [9.17, 15) is 9.59 Å². The number of carbonyl (C=O) groups is 2. The molecule has 2 aliphatic heterocycles. The summed E-state index contributed by atoms with van der Waals surface area (Å²) in [7, 11) is 0. The minimum absolute atomic E-state index is 0.0273. The minimum Gasteiger partial charge on any atom is -0.486 e. The van der Waals surface area contributed by atoms with Crippen LogP contribution in [0.1, 0.15) is 29.8 Å². The molecule has 2 amide bonds. The summed E-state index contributed by atoms with van der Waals surface area (Å²) in [6, 6.07) is 12.3. The molecule has 0 aromatic heterocycles. The first-order valence-corrected chi connectivity index (χ1v) is 9.14. The van der Waals surface area contributed by atoms with Crippen LogP contribution in [0.5, 0.6) is 11.5 Å². The van der Waals surface area contributed by atoms with Gasteiger partial charge in [-0.1, -0.05) is 32.0 Å². The Kier molecular flexibility index (Phi) is 4.48. The highest BCUT2D eigenvalue weighted by molar-refractivity contribution is 6.03. The first-order valence-electron chi connectivity index (χ1n) is 9.14. The van der Waals surface area contributed by atoms with Crippen molar-refractivity contribution in [3.8, 4) is 11.5 Å². The van der Waals surface area contributed by atoms with E-state index in [1.807, 2.05) is 38.1 Å². The molecule has 6 nitrogen and oxygen atoms in total. The summed E-state index contributed by atoms with van der Waals surface area (Å²) in [5.74, 6) is 0.958. The number of nitrogens with zero attached hydrogens (tertiary/aromatic N) is 1. The van der Waals surface area contributed by atoms with Crippen molar-refractivity contribution in [2.24, 2.45) is 5.92 Å². The van der Waals surface area contributed by atoms with E-state index in [-0.39, 0.29) is 17.7 Å². The molecule has 2 aromatic rings. The molecule has 0 aliphatic carbocycles. The predicted molar refractivity (Wildman–Crippen MR) is 101 cm³/mol. The summed E-state index contributed by atoms with van der Waals surface area (Å²) in [6.07, 6.45) is 0. The molecule has 0 bridgehead atoms. The van der Waals surface area contributed by atoms with Gasteiger partial charge in [-0.25, -0.2) is 0 Å². The first-order chi connectivity index (χ1) is 13.0. The van der Waals surface area contributed by atoms with Gasteiger partial charge in [-0.15, -0.1) is 0 Å². The zero-order valence-corrected chi connectivity index (χ0v) is 15.4. The van der Waals surface area contributed by atoms with Gasteiger partial charge in [0.05, 0.1) is 0 Å². The molecule has 6 heteroatoms. The molecule has 140 valence electrons. The standard InChI is InChI=1S/C21H22N2O4/c1-13(2)19(23-12-14-5-3-4-6-16(14)21(23)25)20(24)22-15-7-8-17-18(11-15)27-10-9-26-17/h3-8,11,13,19H,9-10,12H2,1-2H3,(H,22,24)/t19-/m1/s1. The van der Waals surface area contributed by atoms with Crippen molar-refractivity contribution in [2.75, 3.05) is 18.5 Å². The van der Waals surface area contributed by atoms with Gasteiger partial charge < -0.3 is 19.7 Å². The minimum atomic E-state index is -0.557. The Morgan fingerprint density at radius 3 is 2.56 bits per heavy atom. The molecule has 0 unspecified atom stereocenters. The third-order valence-electron chi connectivity index (χ3n) is 4.89. The fourth-order valence-electron chi connectivity index (χ4n) is 3.64. The fourth-order valence-corrected chi connectivity index (χ4v) is 3.64. The first kappa shape index (κ1) is 17.4. The number of carbonyl (C=O) groups excluding carboxylic acids is 2. The smallest absolute Gasteiger partial charge is 0.255 e. The number of hydrogen-bond acceptors (Lipinski definition) is 4. The number of anilines is 1. The molecule has 0 fully saturated rings. The van der Waals surface area contributed by atoms with Crippen molar-refractivity contribution in [2.45, 2.75) is 26.4 Å². The maximum absolute atomic E-state index is 13.0. The largest absolute Gasteiger partial charge is 0.486 e. The van der Waals surface area contributed by atoms with E-state index in [1.165, 1.54) is 0 Å². The summed E-state index contributed by atoms with van der Waals surface area (Å²) in [5, 5.41) is 2.93. The number of ether oxygens (including phenoxy) is 2. The lowest BCUT2D eigenvalue weighted by Crippen LogP contribution is -2.47. The lowest BCUT2D eigenvalue weighted by molar-refractivity contribution is -0.122. The Balaban J connectivity index is 1.55. The van der Waals surface area contributed by atoms with Crippen LogP contribution in [0.15, 0.2) is 42.5 Å². The monoisotopic (exact) mass is 366 g/mol. The van der Waals surface area contributed by atoms with Crippen LogP contribution in [0.4, 0.5) is 5.69 Å². The highest BCUT2D eigenvalue weighted by Crippen LogP contribution is 2.33. The van der Waals surface area contributed by atoms with Gasteiger partial charge in [0.15, 0.2) is 11.5 Å². The van der Waals surface area contributed by atoms with E-state index in [0.29, 0.717) is 42.5 Å². The second-order valence-corrected chi connectivity index (χ2v) is 7.13. The van der Waals surface area contributed by atoms with Crippen LogP contribution in [0, 0.1) is 5.92 Å². The van der Waals surface area contributed by atoms with Crippen molar-refractivity contribution < 1.29 is 19.1 Å². The SMILES string of the molecule is CC(C)[C@H](C(=O)Nc1ccc2c(c1)OCCO2)N1Cc2ccccc2C1=O. The fraction of sp³-hybridized carbons (Fsp3) is 0.333. The molecular formula is C21H22N2O4. The van der Waals surface area contributed by atoms with Gasteiger partial charge >= 0.3 is 0 Å². The van der Waals surface area contributed by atoms with Gasteiger partial charge in [-0.05, 0) is 29.7 Å². The van der Waals surface area contributed by atoms with Gasteiger partial charge in [0.1, 0.15) is 19.3 Å². The van der Waals surface area contributed by atoms with Crippen molar-refractivity contribution >= 4 is 17.5 Å². The van der Waals surface area contributed by atoms with Gasteiger partial charge in [0.25, 0.3) is 5.91 Å². The van der Waals surface area contributed by atoms with E-state index in [2.05, 4.69) is 5.32 Å². The third kappa shape index (κ3) is 3.23. The Labute approximate surface area is 158 Å². The van der Waals surface area contributed by atoms with E-state index in [4.69, 9.17) is 9.47 Å². The quantitative estimate of drug-likeness (QED) is 0.903. The summed E-state index contributed by atoms with van der Waals surface area (Å²) in [4.78, 5) is 27.5. The zero-order valence-electron chi connectivity index (χ0n) is 15.4. The third-order valence-corrected chi connectivity index (χ3v) is 4.89. The number of nitrogens with one attached hydrogen (secondary N) is 1. The molecule has 2 heterocycles. The maximum atomic E-state index is 13.0. The molecule has 0 saturated carbocycles. The molecule has 2 aliphatic rings. The zero-order chi connectivity index (χ0) is 19.0. The summed E-state index contributed by atoms with van der Waals surface area (Å²) in [5.41, 5.74) is 2.26. The van der Waals surface area contributed by atoms with Crippen LogP contribution < -0.4 is 14.8 Å². The van der Waals surface area contributed by atoms with Crippen molar-refractivity contribution in [3.63, 3.8) is 0 Å². The Bertz CT molecular complexity index is 894. The average molecular weight is 366 g/mol. The molecule has 0 spiro atoms. The molecule has 4 rings (SSSR count). The van der Waals surface area contributed by atoms with Gasteiger partial charge in [-0.2, -0.15) is 0 Å². The van der Waals surface area contributed by atoms with Gasteiger partial charge in [0, 0.05) is 23.9 Å². The number of rotatable bonds is 4. The van der Waals surface area contributed by atoms with Crippen LogP contribution >= 0.6 is 0 Å². The van der Waals surface area contributed by atoms with Crippen molar-refractivity contribution in [3.05, 3.63) is 53.6 Å². The van der Waals surface area contributed by atoms with Crippen LogP contribution in [0.3, 0.4) is 0 Å². The second kappa shape index (κ2) is 6.95. The van der Waals surface area contributed by atoms with Crippen LogP contribution in [-0.4, -0.2) is 36.0 Å². The molecule has 0 radical (unpaired) electrons. The Morgan fingerprint density at radius 2 is 1.81 bits per heavy atom. The number of hydrogen-bond donors (Lipinski definition) is 1. The summed E-state index contributed by atoms with van der Waals surface area (Å²) < 4.78 is 11.1. The van der Waals surface area contributed by atoms with Crippen molar-refractivity contribution in [1.29, 1.82) is 0 Å².